The Morgan fingerprint density at radius 3 is 1.79 bits per heavy atom. The number of nitrogens with zero attached hydrogens (tertiary/aromatic N) is 1. The van der Waals surface area contributed by atoms with Crippen molar-refractivity contribution < 1.29 is 9.59 Å². The van der Waals surface area contributed by atoms with Crippen LogP contribution in [0, 0.1) is 19.3 Å². The second-order valence-corrected chi connectivity index (χ2v) is 9.04. The van der Waals surface area contributed by atoms with Crippen LogP contribution in [0.5, 0.6) is 0 Å². The van der Waals surface area contributed by atoms with Crippen LogP contribution in [0.15, 0.2) is 53.5 Å². The fourth-order valence-electron chi connectivity index (χ4n) is 3.92. The zero-order valence-electron chi connectivity index (χ0n) is 20.2. The van der Waals surface area contributed by atoms with E-state index >= 15 is 0 Å². The smallest absolute Gasteiger partial charge is 0.239 e. The zero-order valence-corrected chi connectivity index (χ0v) is 20.2. The Morgan fingerprint density at radius 2 is 1.38 bits per heavy atom. The molecule has 2 aromatic carbocycles. The summed E-state index contributed by atoms with van der Waals surface area (Å²) in [7, 11) is 0. The number of nitrogens with two attached hydrogens (primary N) is 4. The van der Waals surface area contributed by atoms with Crippen LogP contribution in [0.1, 0.15) is 41.5 Å². The highest BCUT2D eigenvalue weighted by Crippen LogP contribution is 2.29. The second-order valence-electron chi connectivity index (χ2n) is 9.04. The van der Waals surface area contributed by atoms with Gasteiger partial charge in [0.05, 0.1) is 5.41 Å². The molecule has 0 saturated carbocycles. The first-order chi connectivity index (χ1) is 16.1. The minimum Gasteiger partial charge on any atom is -0.370 e. The van der Waals surface area contributed by atoms with E-state index in [1.54, 1.807) is 0 Å². The van der Waals surface area contributed by atoms with Crippen molar-refractivity contribution in [1.82, 2.24) is 5.32 Å². The van der Waals surface area contributed by atoms with E-state index in [1.807, 2.05) is 62.4 Å². The number of guanidine groups is 1. The highest BCUT2D eigenvalue weighted by atomic mass is 16.2. The SMILES string of the molecule is Cc1ccc(CC(CN)(Cc2ccc(C)cc2)C(=O)N[C@@H](CCCCN=C(N)N)C(N)=O)cc1. The summed E-state index contributed by atoms with van der Waals surface area (Å²) in [5, 5.41) is 2.89. The number of unbranched alkanes of at least 4 members (excludes halogenated alkanes) is 1. The van der Waals surface area contributed by atoms with Gasteiger partial charge in [0, 0.05) is 13.1 Å². The highest BCUT2D eigenvalue weighted by molar-refractivity contribution is 5.90. The summed E-state index contributed by atoms with van der Waals surface area (Å²) >= 11 is 0. The fraction of sp³-hybridized carbons (Fsp3) is 0.423. The molecule has 2 aromatic rings. The number of benzene rings is 2. The van der Waals surface area contributed by atoms with Gasteiger partial charge in [-0.05, 0) is 57.1 Å². The summed E-state index contributed by atoms with van der Waals surface area (Å²) < 4.78 is 0. The van der Waals surface area contributed by atoms with E-state index in [0.717, 1.165) is 22.3 Å². The molecule has 2 rings (SSSR count). The molecular formula is C26H38N6O2. The molecule has 2 amide bonds. The van der Waals surface area contributed by atoms with Crippen molar-refractivity contribution in [2.75, 3.05) is 13.1 Å². The Balaban J connectivity index is 2.24. The molecule has 0 aromatic heterocycles. The maximum atomic E-state index is 13.7. The molecule has 0 saturated heterocycles. The average molecular weight is 467 g/mol. The average Bonchev–Trinajstić information content (AvgIpc) is 2.80. The van der Waals surface area contributed by atoms with Gasteiger partial charge in [-0.3, -0.25) is 14.6 Å². The first-order valence-electron chi connectivity index (χ1n) is 11.6. The van der Waals surface area contributed by atoms with Gasteiger partial charge in [0.15, 0.2) is 5.96 Å². The van der Waals surface area contributed by atoms with Crippen LogP contribution in [-0.2, 0) is 22.4 Å². The highest BCUT2D eigenvalue weighted by Gasteiger charge is 2.39. The number of aliphatic imine (C=N–C) groups is 1. The van der Waals surface area contributed by atoms with E-state index in [2.05, 4.69) is 10.3 Å². The monoisotopic (exact) mass is 466 g/mol. The second kappa shape index (κ2) is 12.7. The van der Waals surface area contributed by atoms with Gasteiger partial charge in [0.2, 0.25) is 11.8 Å². The molecule has 8 heteroatoms. The first-order valence-corrected chi connectivity index (χ1v) is 11.6. The normalized spacial score (nSPS) is 12.1. The Morgan fingerprint density at radius 1 is 0.882 bits per heavy atom. The Bertz CT molecular complexity index is 918. The molecule has 0 heterocycles. The minimum absolute atomic E-state index is 0.0275. The van der Waals surface area contributed by atoms with Crippen LogP contribution in [0.2, 0.25) is 0 Å². The van der Waals surface area contributed by atoms with E-state index in [9.17, 15) is 9.59 Å². The van der Waals surface area contributed by atoms with E-state index in [4.69, 9.17) is 22.9 Å². The van der Waals surface area contributed by atoms with Crippen LogP contribution < -0.4 is 28.3 Å². The number of carbonyl (C=O) groups excluding carboxylic acids is 2. The van der Waals surface area contributed by atoms with Crippen molar-refractivity contribution in [3.8, 4) is 0 Å². The van der Waals surface area contributed by atoms with E-state index in [0.29, 0.717) is 38.6 Å². The number of primary amides is 1. The third-order valence-electron chi connectivity index (χ3n) is 6.04. The molecule has 1 atom stereocenters. The quantitative estimate of drug-likeness (QED) is 0.171. The summed E-state index contributed by atoms with van der Waals surface area (Å²) in [6, 6.07) is 15.3. The number of rotatable bonds is 13. The van der Waals surface area contributed by atoms with Gasteiger partial charge in [-0.2, -0.15) is 0 Å². The van der Waals surface area contributed by atoms with Crippen LogP contribution in [0.25, 0.3) is 0 Å². The van der Waals surface area contributed by atoms with E-state index in [-0.39, 0.29) is 18.4 Å². The largest absolute Gasteiger partial charge is 0.370 e. The molecule has 0 spiro atoms. The molecule has 0 aliphatic heterocycles. The number of hydrogen-bond donors (Lipinski definition) is 5. The molecule has 0 fully saturated rings. The van der Waals surface area contributed by atoms with Crippen molar-refractivity contribution >= 4 is 17.8 Å². The fourth-order valence-corrected chi connectivity index (χ4v) is 3.92. The van der Waals surface area contributed by atoms with Crippen molar-refractivity contribution in [3.63, 3.8) is 0 Å². The summed E-state index contributed by atoms with van der Waals surface area (Å²) in [4.78, 5) is 29.7. The van der Waals surface area contributed by atoms with Crippen LogP contribution >= 0.6 is 0 Å². The Labute approximate surface area is 202 Å². The van der Waals surface area contributed by atoms with Gasteiger partial charge in [0.1, 0.15) is 6.04 Å². The van der Waals surface area contributed by atoms with Crippen molar-refractivity contribution in [2.45, 2.75) is 52.0 Å². The summed E-state index contributed by atoms with van der Waals surface area (Å²) in [5.41, 5.74) is 25.9. The van der Waals surface area contributed by atoms with Crippen molar-refractivity contribution in [2.24, 2.45) is 33.3 Å². The summed E-state index contributed by atoms with van der Waals surface area (Å²) in [6.07, 6.45) is 2.60. The minimum atomic E-state index is -0.934. The predicted molar refractivity (Wildman–Crippen MR) is 137 cm³/mol. The molecule has 8 nitrogen and oxygen atoms in total. The molecular weight excluding hydrogens is 428 g/mol. The lowest BCUT2D eigenvalue weighted by atomic mass is 9.75. The number of hydrogen-bond acceptors (Lipinski definition) is 4. The van der Waals surface area contributed by atoms with Crippen LogP contribution in [0.3, 0.4) is 0 Å². The zero-order chi connectivity index (χ0) is 25.1. The molecule has 0 aliphatic rings. The lowest BCUT2D eigenvalue weighted by Gasteiger charge is -2.33. The summed E-state index contributed by atoms with van der Waals surface area (Å²) in [5.74, 6) is -0.823. The van der Waals surface area contributed by atoms with E-state index in [1.165, 1.54) is 0 Å². The maximum Gasteiger partial charge on any atom is 0.239 e. The third kappa shape index (κ3) is 8.19. The molecule has 34 heavy (non-hydrogen) atoms. The van der Waals surface area contributed by atoms with Gasteiger partial charge in [-0.15, -0.1) is 0 Å². The van der Waals surface area contributed by atoms with E-state index < -0.39 is 17.4 Å². The van der Waals surface area contributed by atoms with Crippen LogP contribution in [0.4, 0.5) is 0 Å². The lowest BCUT2D eigenvalue weighted by Crippen LogP contribution is -2.54. The topological polar surface area (TPSA) is 163 Å². The Hall–Kier alpha value is -3.39. The van der Waals surface area contributed by atoms with Crippen molar-refractivity contribution in [3.05, 3.63) is 70.8 Å². The third-order valence-corrected chi connectivity index (χ3v) is 6.04. The molecule has 0 unspecified atom stereocenters. The van der Waals surface area contributed by atoms with Gasteiger partial charge in [-0.1, -0.05) is 59.7 Å². The Kier molecular flexibility index (Phi) is 10.1. The molecule has 0 aliphatic carbocycles. The number of aryl methyl sites for hydroxylation is 2. The molecule has 0 radical (unpaired) electrons. The van der Waals surface area contributed by atoms with Gasteiger partial charge in [-0.25, -0.2) is 0 Å². The van der Waals surface area contributed by atoms with Gasteiger partial charge in [0.25, 0.3) is 0 Å². The maximum absolute atomic E-state index is 13.7. The summed E-state index contributed by atoms with van der Waals surface area (Å²) in [6.45, 7) is 4.61. The van der Waals surface area contributed by atoms with Crippen molar-refractivity contribution in [1.29, 1.82) is 0 Å². The van der Waals surface area contributed by atoms with Gasteiger partial charge >= 0.3 is 0 Å². The molecule has 9 N–H and O–H groups in total. The van der Waals surface area contributed by atoms with Crippen LogP contribution in [-0.4, -0.2) is 36.9 Å². The number of amides is 2. The lowest BCUT2D eigenvalue weighted by molar-refractivity contribution is -0.134. The number of nitrogens with one attached hydrogen (secondary N) is 1. The van der Waals surface area contributed by atoms with Gasteiger partial charge < -0.3 is 28.3 Å². The molecule has 0 bridgehead atoms. The first kappa shape index (κ1) is 26.9. The molecule has 184 valence electrons. The number of carbonyl (C=O) groups is 2. The standard InChI is InChI=1S/C26H38N6O2/c1-18-6-10-20(11-7-18)15-26(17-27,16-21-12-8-19(2)9-13-21)24(34)32-22(23(28)33)5-3-4-14-31-25(29)30/h6-13,22H,3-5,14-17,27H2,1-2H3,(H2,28,33)(H,32,34)(H4,29,30,31)/t22-/m0/s1. The predicted octanol–water partition coefficient (Wildman–Crippen LogP) is 1.45.